The Morgan fingerprint density at radius 1 is 1.17 bits per heavy atom. The van der Waals surface area contributed by atoms with Crippen LogP contribution in [0.2, 0.25) is 0 Å². The van der Waals surface area contributed by atoms with Crippen LogP contribution >= 0.6 is 11.5 Å². The standard InChI is InChI=1S/C17H13FN4OS/c1-21(2)15-12-7-8-20-24-16(12)13-14(15)19-9-22(17(13)23)11-5-3-10(18)4-6-11/h3-9H,1-2H3. The van der Waals surface area contributed by atoms with Gasteiger partial charge in [0.05, 0.1) is 21.6 Å². The van der Waals surface area contributed by atoms with Crippen LogP contribution in [0.1, 0.15) is 0 Å². The summed E-state index contributed by atoms with van der Waals surface area (Å²) in [4.78, 5) is 20.3. The molecule has 0 atom stereocenters. The first kappa shape index (κ1) is 14.8. The van der Waals surface area contributed by atoms with Crippen LogP contribution in [0.15, 0.2) is 47.7 Å². The van der Waals surface area contributed by atoms with Crippen LogP contribution in [0.5, 0.6) is 0 Å². The number of anilines is 1. The van der Waals surface area contributed by atoms with E-state index in [9.17, 15) is 9.18 Å². The Morgan fingerprint density at radius 3 is 2.62 bits per heavy atom. The maximum absolute atomic E-state index is 13.1. The minimum absolute atomic E-state index is 0.186. The molecule has 0 saturated carbocycles. The summed E-state index contributed by atoms with van der Waals surface area (Å²) in [7, 11) is 3.85. The van der Waals surface area contributed by atoms with Gasteiger partial charge in [-0.25, -0.2) is 13.7 Å². The Bertz CT molecular complexity index is 1070. The summed E-state index contributed by atoms with van der Waals surface area (Å²) >= 11 is 1.28. The summed E-state index contributed by atoms with van der Waals surface area (Å²) in [5, 5.41) is 0.540. The molecule has 2 aromatic rings. The van der Waals surface area contributed by atoms with Crippen LogP contribution in [0.4, 0.5) is 10.1 Å². The first-order chi connectivity index (χ1) is 11.6. The molecular weight excluding hydrogens is 327 g/mol. The molecule has 0 N–H and O–H groups in total. The highest BCUT2D eigenvalue weighted by atomic mass is 32.1. The molecule has 0 unspecified atom stereocenters. The third-order valence-corrected chi connectivity index (χ3v) is 4.75. The summed E-state index contributed by atoms with van der Waals surface area (Å²) in [5.41, 5.74) is 2.90. The van der Waals surface area contributed by atoms with Crippen molar-refractivity contribution in [2.24, 2.45) is 0 Å². The van der Waals surface area contributed by atoms with Gasteiger partial charge in [-0.15, -0.1) is 0 Å². The SMILES string of the molecule is CN(C)c1c2ccnsc-2c2c(=O)n(-c3ccc(F)cc3)cnc12. The molecule has 1 aromatic heterocycles. The average molecular weight is 340 g/mol. The van der Waals surface area contributed by atoms with Gasteiger partial charge in [0, 0.05) is 25.9 Å². The first-order valence-corrected chi connectivity index (χ1v) is 8.06. The smallest absolute Gasteiger partial charge is 0.267 e. The van der Waals surface area contributed by atoms with Gasteiger partial charge < -0.3 is 4.90 Å². The second-order valence-corrected chi connectivity index (χ2v) is 6.42. The van der Waals surface area contributed by atoms with E-state index in [4.69, 9.17) is 0 Å². The van der Waals surface area contributed by atoms with Gasteiger partial charge in [0.15, 0.2) is 0 Å². The molecule has 0 radical (unpaired) electrons. The quantitative estimate of drug-likeness (QED) is 0.562. The van der Waals surface area contributed by atoms with Crippen LogP contribution < -0.4 is 10.5 Å². The van der Waals surface area contributed by atoms with Crippen molar-refractivity contribution in [1.29, 1.82) is 0 Å². The Labute approximate surface area is 141 Å². The third kappa shape index (κ3) is 2.09. The van der Waals surface area contributed by atoms with Crippen LogP contribution in [-0.4, -0.2) is 28.0 Å². The normalized spacial score (nSPS) is 11.3. The molecule has 5 nitrogen and oxygen atoms in total. The molecule has 0 bridgehead atoms. The Balaban J connectivity index is 2.09. The monoisotopic (exact) mass is 340 g/mol. The number of halogens is 1. The number of benzene rings is 1. The van der Waals surface area contributed by atoms with Crippen molar-refractivity contribution < 1.29 is 4.39 Å². The van der Waals surface area contributed by atoms with Crippen LogP contribution in [0.25, 0.3) is 27.0 Å². The van der Waals surface area contributed by atoms with E-state index in [2.05, 4.69) is 9.36 Å². The Hall–Kier alpha value is -2.80. The number of aromatic nitrogens is 3. The highest BCUT2D eigenvalue weighted by molar-refractivity contribution is 7.10. The van der Waals surface area contributed by atoms with Gasteiger partial charge in [-0.2, -0.15) is 0 Å². The first-order valence-electron chi connectivity index (χ1n) is 7.29. The zero-order valence-electron chi connectivity index (χ0n) is 13.0. The third-order valence-electron chi connectivity index (χ3n) is 3.92. The second kappa shape index (κ2) is 5.38. The number of nitrogens with zero attached hydrogens (tertiary/aromatic N) is 4. The van der Waals surface area contributed by atoms with Gasteiger partial charge >= 0.3 is 0 Å². The van der Waals surface area contributed by atoms with E-state index in [-0.39, 0.29) is 11.4 Å². The predicted octanol–water partition coefficient (Wildman–Crippen LogP) is 3.15. The van der Waals surface area contributed by atoms with E-state index < -0.39 is 0 Å². The van der Waals surface area contributed by atoms with Gasteiger partial charge in [-0.05, 0) is 41.9 Å². The van der Waals surface area contributed by atoms with Crippen molar-refractivity contribution >= 4 is 28.1 Å². The van der Waals surface area contributed by atoms with Gasteiger partial charge in [0.25, 0.3) is 5.56 Å². The number of hydrogen-bond donors (Lipinski definition) is 0. The molecule has 0 amide bonds. The minimum atomic E-state index is -0.346. The molecule has 4 rings (SSSR count). The van der Waals surface area contributed by atoms with Crippen molar-refractivity contribution in [3.63, 3.8) is 0 Å². The minimum Gasteiger partial charge on any atom is -0.375 e. The lowest BCUT2D eigenvalue weighted by Crippen LogP contribution is -2.18. The van der Waals surface area contributed by atoms with E-state index in [1.807, 2.05) is 25.1 Å². The Morgan fingerprint density at radius 2 is 1.92 bits per heavy atom. The molecule has 0 spiro atoms. The topological polar surface area (TPSA) is 51.0 Å². The summed E-state index contributed by atoms with van der Waals surface area (Å²) in [6, 6.07) is 7.66. The van der Waals surface area contributed by atoms with Crippen molar-refractivity contribution in [2.45, 2.75) is 0 Å². The number of hydrogen-bond acceptors (Lipinski definition) is 5. The highest BCUT2D eigenvalue weighted by Gasteiger charge is 2.24. The van der Waals surface area contributed by atoms with Crippen LogP contribution in [0, 0.1) is 5.82 Å². The molecule has 2 aliphatic rings. The molecule has 7 heteroatoms. The molecule has 1 aromatic carbocycles. The second-order valence-electron chi connectivity index (χ2n) is 5.62. The molecule has 0 fully saturated rings. The maximum atomic E-state index is 13.1. The van der Waals surface area contributed by atoms with Gasteiger partial charge in [-0.3, -0.25) is 9.36 Å². The van der Waals surface area contributed by atoms with Gasteiger partial charge in [0.2, 0.25) is 0 Å². The zero-order valence-corrected chi connectivity index (χ0v) is 13.8. The summed E-state index contributed by atoms with van der Waals surface area (Å²) < 4.78 is 18.8. The summed E-state index contributed by atoms with van der Waals surface area (Å²) in [5.74, 6) is -0.346. The van der Waals surface area contributed by atoms with Crippen molar-refractivity contribution in [2.75, 3.05) is 19.0 Å². The van der Waals surface area contributed by atoms with E-state index >= 15 is 0 Å². The molecule has 24 heavy (non-hydrogen) atoms. The molecule has 0 saturated heterocycles. The fourth-order valence-electron chi connectivity index (χ4n) is 2.88. The lowest BCUT2D eigenvalue weighted by molar-refractivity contribution is 0.627. The summed E-state index contributed by atoms with van der Waals surface area (Å²) in [6.07, 6.45) is 3.21. The lowest BCUT2D eigenvalue weighted by atomic mass is 10.2. The lowest BCUT2D eigenvalue weighted by Gasteiger charge is -2.13. The van der Waals surface area contributed by atoms with E-state index in [0.29, 0.717) is 16.6 Å². The fraction of sp³-hybridized carbons (Fsp3) is 0.118. The molecule has 2 heterocycles. The average Bonchev–Trinajstić information content (AvgIpc) is 2.91. The van der Waals surface area contributed by atoms with Crippen molar-refractivity contribution in [3.05, 3.63) is 59.0 Å². The summed E-state index contributed by atoms with van der Waals surface area (Å²) in [6.45, 7) is 0. The molecule has 1 aliphatic heterocycles. The van der Waals surface area contributed by atoms with Gasteiger partial charge in [0.1, 0.15) is 17.7 Å². The van der Waals surface area contributed by atoms with Crippen molar-refractivity contribution in [1.82, 2.24) is 13.9 Å². The van der Waals surface area contributed by atoms with E-state index in [1.54, 1.807) is 18.3 Å². The van der Waals surface area contributed by atoms with Gasteiger partial charge in [-0.1, -0.05) is 0 Å². The zero-order chi connectivity index (χ0) is 16.8. The fourth-order valence-corrected chi connectivity index (χ4v) is 3.65. The largest absolute Gasteiger partial charge is 0.375 e. The molecule has 120 valence electrons. The van der Waals surface area contributed by atoms with E-state index in [0.717, 1.165) is 16.1 Å². The molecule has 1 aliphatic carbocycles. The number of rotatable bonds is 2. The predicted molar refractivity (Wildman–Crippen MR) is 93.9 cm³/mol. The Kier molecular flexibility index (Phi) is 3.31. The highest BCUT2D eigenvalue weighted by Crippen LogP contribution is 2.43. The van der Waals surface area contributed by atoms with Crippen LogP contribution in [-0.2, 0) is 0 Å². The van der Waals surface area contributed by atoms with Crippen LogP contribution in [0.3, 0.4) is 0 Å². The van der Waals surface area contributed by atoms with Crippen molar-refractivity contribution in [3.8, 4) is 16.1 Å². The maximum Gasteiger partial charge on any atom is 0.267 e. The molecular formula is C17H13FN4OS. The van der Waals surface area contributed by atoms with E-state index in [1.165, 1.54) is 34.6 Å². The number of fused-ring (bicyclic) bond motifs is 3.